The Morgan fingerprint density at radius 3 is 2.89 bits per heavy atom. The van der Waals surface area contributed by atoms with Crippen molar-refractivity contribution in [3.63, 3.8) is 0 Å². The average molecular weight is 293 g/mol. The summed E-state index contributed by atoms with van der Waals surface area (Å²) in [6.07, 6.45) is 1.96. The Hall–Kier alpha value is -1.52. The Kier molecular flexibility index (Phi) is 3.21. The molecule has 1 aromatic heterocycles. The van der Waals surface area contributed by atoms with E-state index in [-0.39, 0.29) is 5.91 Å². The normalized spacial score (nSPS) is 14.3. The third-order valence-corrected chi connectivity index (χ3v) is 4.48. The molecule has 1 aromatic carbocycles. The maximum absolute atomic E-state index is 12.5. The Labute approximate surface area is 120 Å². The molecule has 5 heteroatoms. The summed E-state index contributed by atoms with van der Waals surface area (Å²) in [7, 11) is 0. The van der Waals surface area contributed by atoms with E-state index in [2.05, 4.69) is 0 Å². The minimum Gasteiger partial charge on any atom is -0.399 e. The van der Waals surface area contributed by atoms with Gasteiger partial charge < -0.3 is 10.6 Å². The number of nitrogen functional groups attached to an aromatic ring is 1. The molecule has 2 heterocycles. The third kappa shape index (κ3) is 2.33. The number of benzene rings is 1. The molecule has 3 nitrogen and oxygen atoms in total. The van der Waals surface area contributed by atoms with Gasteiger partial charge >= 0.3 is 0 Å². The first-order valence-electron chi connectivity index (χ1n) is 6.11. The van der Waals surface area contributed by atoms with Crippen molar-refractivity contribution in [2.75, 3.05) is 17.2 Å². The number of hydrogen-bond acceptors (Lipinski definition) is 3. The molecule has 1 aliphatic heterocycles. The molecule has 2 aromatic rings. The Morgan fingerprint density at radius 1 is 1.32 bits per heavy atom. The first kappa shape index (κ1) is 12.5. The van der Waals surface area contributed by atoms with Crippen LogP contribution in [0.4, 0.5) is 11.4 Å². The summed E-state index contributed by atoms with van der Waals surface area (Å²) in [5, 5.41) is 0. The van der Waals surface area contributed by atoms with Crippen molar-refractivity contribution in [2.24, 2.45) is 0 Å². The van der Waals surface area contributed by atoms with Crippen molar-refractivity contribution in [1.29, 1.82) is 0 Å². The van der Waals surface area contributed by atoms with Crippen molar-refractivity contribution in [3.05, 3.63) is 45.1 Å². The number of nitrogens with zero attached hydrogens (tertiary/aromatic N) is 1. The number of nitrogens with two attached hydrogens (primary N) is 1. The number of carbonyl (C=O) groups is 1. The fourth-order valence-electron chi connectivity index (χ4n) is 2.36. The summed E-state index contributed by atoms with van der Waals surface area (Å²) < 4.78 is 0.633. The van der Waals surface area contributed by atoms with Crippen LogP contribution >= 0.6 is 22.9 Å². The first-order valence-corrected chi connectivity index (χ1v) is 7.30. The zero-order chi connectivity index (χ0) is 13.4. The second-order valence-electron chi connectivity index (χ2n) is 4.55. The molecule has 3 rings (SSSR count). The quantitative estimate of drug-likeness (QED) is 0.817. The van der Waals surface area contributed by atoms with Crippen molar-refractivity contribution in [2.45, 2.75) is 12.8 Å². The van der Waals surface area contributed by atoms with Gasteiger partial charge in [-0.1, -0.05) is 17.7 Å². The number of carbonyl (C=O) groups excluding carboxylic acids is 1. The SMILES string of the molecule is Nc1ccc2c(c1)N(C(=O)c1ccc(Cl)s1)CCC2. The molecular weight excluding hydrogens is 280 g/mol. The van der Waals surface area contributed by atoms with Gasteiger partial charge in [0.05, 0.1) is 9.21 Å². The van der Waals surface area contributed by atoms with Gasteiger partial charge in [0.25, 0.3) is 5.91 Å². The largest absolute Gasteiger partial charge is 0.399 e. The second-order valence-corrected chi connectivity index (χ2v) is 6.27. The molecule has 19 heavy (non-hydrogen) atoms. The molecule has 0 bridgehead atoms. The summed E-state index contributed by atoms with van der Waals surface area (Å²) in [5.74, 6) is 0.00319. The monoisotopic (exact) mass is 292 g/mol. The van der Waals surface area contributed by atoms with Crippen molar-refractivity contribution in [3.8, 4) is 0 Å². The van der Waals surface area contributed by atoms with Gasteiger partial charge in [0, 0.05) is 17.9 Å². The summed E-state index contributed by atoms with van der Waals surface area (Å²) in [5.41, 5.74) is 8.62. The molecule has 98 valence electrons. The highest BCUT2D eigenvalue weighted by molar-refractivity contribution is 7.18. The summed E-state index contributed by atoms with van der Waals surface area (Å²) in [6.45, 7) is 0.727. The van der Waals surface area contributed by atoms with Crippen LogP contribution in [0.1, 0.15) is 21.7 Å². The lowest BCUT2D eigenvalue weighted by atomic mass is 10.0. The molecule has 1 amide bonds. The lowest BCUT2D eigenvalue weighted by Gasteiger charge is -2.29. The topological polar surface area (TPSA) is 46.3 Å². The van der Waals surface area contributed by atoms with E-state index in [1.807, 2.05) is 18.2 Å². The Morgan fingerprint density at radius 2 is 2.16 bits per heavy atom. The maximum atomic E-state index is 12.5. The van der Waals surface area contributed by atoms with Crippen molar-refractivity contribution in [1.82, 2.24) is 0 Å². The number of fused-ring (bicyclic) bond motifs is 1. The van der Waals surface area contributed by atoms with Gasteiger partial charge in [0.2, 0.25) is 0 Å². The molecule has 0 saturated heterocycles. The Bertz CT molecular complexity index is 638. The molecule has 0 radical (unpaired) electrons. The van der Waals surface area contributed by atoms with E-state index in [1.54, 1.807) is 17.0 Å². The second kappa shape index (κ2) is 4.87. The molecule has 0 atom stereocenters. The summed E-state index contributed by atoms with van der Waals surface area (Å²) in [6, 6.07) is 9.29. The highest BCUT2D eigenvalue weighted by Crippen LogP contribution is 2.32. The van der Waals surface area contributed by atoms with E-state index in [9.17, 15) is 4.79 Å². The van der Waals surface area contributed by atoms with E-state index < -0.39 is 0 Å². The predicted molar refractivity (Wildman–Crippen MR) is 80.2 cm³/mol. The van der Waals surface area contributed by atoms with Crippen LogP contribution in [0.25, 0.3) is 0 Å². The van der Waals surface area contributed by atoms with Gasteiger partial charge in [-0.25, -0.2) is 0 Å². The van der Waals surface area contributed by atoms with Crippen LogP contribution in [-0.2, 0) is 6.42 Å². The number of amides is 1. The van der Waals surface area contributed by atoms with Crippen LogP contribution < -0.4 is 10.6 Å². The van der Waals surface area contributed by atoms with Gasteiger partial charge in [-0.3, -0.25) is 4.79 Å². The van der Waals surface area contributed by atoms with E-state index in [0.717, 1.165) is 25.1 Å². The fraction of sp³-hybridized carbons (Fsp3) is 0.214. The van der Waals surface area contributed by atoms with Gasteiger partial charge in [0.15, 0.2) is 0 Å². The van der Waals surface area contributed by atoms with Crippen LogP contribution in [0.3, 0.4) is 0 Å². The molecule has 1 aliphatic rings. The molecule has 0 spiro atoms. The van der Waals surface area contributed by atoms with Crippen LogP contribution in [0.15, 0.2) is 30.3 Å². The van der Waals surface area contributed by atoms with E-state index >= 15 is 0 Å². The molecule has 0 unspecified atom stereocenters. The van der Waals surface area contributed by atoms with Crippen LogP contribution in [0.5, 0.6) is 0 Å². The number of hydrogen-bond donors (Lipinski definition) is 1. The molecular formula is C14H13ClN2OS. The van der Waals surface area contributed by atoms with E-state index in [0.29, 0.717) is 14.9 Å². The maximum Gasteiger partial charge on any atom is 0.268 e. The lowest BCUT2D eigenvalue weighted by Crippen LogP contribution is -2.35. The highest BCUT2D eigenvalue weighted by atomic mass is 35.5. The van der Waals surface area contributed by atoms with Crippen molar-refractivity contribution >= 4 is 40.2 Å². The van der Waals surface area contributed by atoms with Gasteiger partial charge in [-0.05, 0) is 42.7 Å². The zero-order valence-corrected chi connectivity index (χ0v) is 11.8. The highest BCUT2D eigenvalue weighted by Gasteiger charge is 2.24. The van der Waals surface area contributed by atoms with Crippen molar-refractivity contribution < 1.29 is 4.79 Å². The number of aryl methyl sites for hydroxylation is 1. The van der Waals surface area contributed by atoms with Gasteiger partial charge in [-0.2, -0.15) is 0 Å². The van der Waals surface area contributed by atoms with Crippen LogP contribution in [-0.4, -0.2) is 12.5 Å². The van der Waals surface area contributed by atoms with Gasteiger partial charge in [-0.15, -0.1) is 11.3 Å². The number of thiophene rings is 1. The van der Waals surface area contributed by atoms with E-state index in [1.165, 1.54) is 16.9 Å². The predicted octanol–water partition coefficient (Wildman–Crippen LogP) is 3.58. The Balaban J connectivity index is 1.99. The minimum absolute atomic E-state index is 0.00319. The summed E-state index contributed by atoms with van der Waals surface area (Å²) in [4.78, 5) is 15.0. The number of rotatable bonds is 1. The standard InChI is InChI=1S/C14H13ClN2OS/c15-13-6-5-12(19-13)14(18)17-7-1-2-9-3-4-10(16)8-11(9)17/h3-6,8H,1-2,7,16H2. The molecule has 2 N–H and O–H groups in total. The van der Waals surface area contributed by atoms with Crippen LogP contribution in [0, 0.1) is 0 Å². The zero-order valence-electron chi connectivity index (χ0n) is 10.2. The van der Waals surface area contributed by atoms with Gasteiger partial charge in [0.1, 0.15) is 0 Å². The number of halogens is 1. The fourth-order valence-corrected chi connectivity index (χ4v) is 3.36. The third-order valence-electron chi connectivity index (χ3n) is 3.26. The molecule has 0 aliphatic carbocycles. The van der Waals surface area contributed by atoms with Crippen LogP contribution in [0.2, 0.25) is 4.34 Å². The summed E-state index contributed by atoms with van der Waals surface area (Å²) >= 11 is 7.21. The lowest BCUT2D eigenvalue weighted by molar-refractivity contribution is 0.0989. The number of anilines is 2. The van der Waals surface area contributed by atoms with E-state index in [4.69, 9.17) is 17.3 Å². The minimum atomic E-state index is 0.00319. The average Bonchev–Trinajstić information content (AvgIpc) is 2.84. The first-order chi connectivity index (χ1) is 9.15. The molecule has 0 saturated carbocycles. The smallest absolute Gasteiger partial charge is 0.268 e. The molecule has 0 fully saturated rings.